The molecule has 0 aliphatic heterocycles. The zero-order chi connectivity index (χ0) is 17.4. The van der Waals surface area contributed by atoms with Gasteiger partial charge in [-0.2, -0.15) is 0 Å². The van der Waals surface area contributed by atoms with Gasteiger partial charge >= 0.3 is 51.4 Å². The van der Waals surface area contributed by atoms with Gasteiger partial charge in [0, 0.05) is 0 Å². The summed E-state index contributed by atoms with van der Waals surface area (Å²) >= 11 is 0. The average Bonchev–Trinajstić information content (AvgIpc) is 2.45. The first-order valence-electron chi connectivity index (χ1n) is 9.60. The minimum absolute atomic E-state index is 0. The van der Waals surface area contributed by atoms with E-state index in [0.717, 1.165) is 18.8 Å². The SMILES string of the molecule is CC(C)CCCCCCCCCCCCCCCOP(=O)([O-])O.[K+]. The predicted octanol–water partition coefficient (Wildman–Crippen LogP) is 2.59. The molecule has 0 fully saturated rings. The summed E-state index contributed by atoms with van der Waals surface area (Å²) in [7, 11) is -4.51. The third-order valence-electron chi connectivity index (χ3n) is 4.18. The van der Waals surface area contributed by atoms with Gasteiger partial charge < -0.3 is 14.3 Å². The zero-order valence-corrected chi connectivity index (χ0v) is 20.3. The predicted molar refractivity (Wildman–Crippen MR) is 95.3 cm³/mol. The van der Waals surface area contributed by atoms with Crippen molar-refractivity contribution in [1.82, 2.24) is 0 Å². The van der Waals surface area contributed by atoms with E-state index in [-0.39, 0.29) is 58.0 Å². The van der Waals surface area contributed by atoms with Gasteiger partial charge in [0.15, 0.2) is 0 Å². The molecule has 0 aromatic heterocycles. The molecule has 140 valence electrons. The molecule has 0 saturated heterocycles. The van der Waals surface area contributed by atoms with Crippen LogP contribution in [-0.4, -0.2) is 11.5 Å². The van der Waals surface area contributed by atoms with E-state index in [0.29, 0.717) is 6.42 Å². The molecule has 0 heterocycles. The minimum Gasteiger partial charge on any atom is -0.756 e. The summed E-state index contributed by atoms with van der Waals surface area (Å²) in [6.07, 6.45) is 17.7. The Morgan fingerprint density at radius 2 is 1.12 bits per heavy atom. The van der Waals surface area contributed by atoms with E-state index in [4.69, 9.17) is 4.89 Å². The van der Waals surface area contributed by atoms with E-state index in [1.807, 2.05) is 0 Å². The number of rotatable bonds is 17. The topological polar surface area (TPSA) is 69.6 Å². The van der Waals surface area contributed by atoms with Gasteiger partial charge in [-0.05, 0) is 12.3 Å². The molecule has 0 rings (SSSR count). The van der Waals surface area contributed by atoms with Gasteiger partial charge in [-0.1, -0.05) is 97.3 Å². The molecule has 6 heteroatoms. The first-order valence-corrected chi connectivity index (χ1v) is 11.1. The third-order valence-corrected chi connectivity index (χ3v) is 4.69. The Balaban J connectivity index is 0. The molecule has 1 unspecified atom stereocenters. The zero-order valence-electron chi connectivity index (χ0n) is 16.3. The van der Waals surface area contributed by atoms with Crippen molar-refractivity contribution in [3.63, 3.8) is 0 Å². The molecule has 0 radical (unpaired) electrons. The first-order chi connectivity index (χ1) is 10.9. The Morgan fingerprint density at radius 3 is 1.46 bits per heavy atom. The molecule has 24 heavy (non-hydrogen) atoms. The molecule has 0 bridgehead atoms. The van der Waals surface area contributed by atoms with E-state index in [1.54, 1.807) is 0 Å². The molecule has 4 nitrogen and oxygen atoms in total. The van der Waals surface area contributed by atoms with Gasteiger partial charge in [-0.15, -0.1) is 0 Å². The third kappa shape index (κ3) is 26.0. The van der Waals surface area contributed by atoms with Crippen molar-refractivity contribution in [2.45, 2.75) is 104 Å². The van der Waals surface area contributed by atoms with Crippen molar-refractivity contribution in [3.05, 3.63) is 0 Å². The summed E-state index contributed by atoms with van der Waals surface area (Å²) in [5.41, 5.74) is 0. The Hall–Kier alpha value is 1.75. The Labute approximate surface area is 192 Å². The summed E-state index contributed by atoms with van der Waals surface area (Å²) in [5, 5.41) is 0. The summed E-state index contributed by atoms with van der Waals surface area (Å²) < 4.78 is 14.7. The molecule has 1 atom stereocenters. The Morgan fingerprint density at radius 1 is 0.792 bits per heavy atom. The quantitative estimate of drug-likeness (QED) is 0.236. The van der Waals surface area contributed by atoms with Gasteiger partial charge in [-0.3, -0.25) is 4.57 Å². The molecule has 0 saturated carbocycles. The van der Waals surface area contributed by atoms with Gasteiger partial charge in [-0.25, -0.2) is 0 Å². The molecule has 0 amide bonds. The largest absolute Gasteiger partial charge is 1.00 e. The van der Waals surface area contributed by atoms with Crippen LogP contribution in [0.3, 0.4) is 0 Å². The van der Waals surface area contributed by atoms with E-state index in [9.17, 15) is 9.46 Å². The van der Waals surface area contributed by atoms with Crippen molar-refractivity contribution >= 4 is 7.82 Å². The van der Waals surface area contributed by atoms with Crippen LogP contribution in [0.5, 0.6) is 0 Å². The molecular weight excluding hydrogens is 350 g/mol. The number of hydrogen-bond acceptors (Lipinski definition) is 3. The van der Waals surface area contributed by atoms with E-state index < -0.39 is 7.82 Å². The monoisotopic (exact) mass is 388 g/mol. The maximum Gasteiger partial charge on any atom is 1.00 e. The van der Waals surface area contributed by atoms with Crippen LogP contribution in [0, 0.1) is 5.92 Å². The Kier molecular flexibility index (Phi) is 22.7. The van der Waals surface area contributed by atoms with Crippen LogP contribution >= 0.6 is 7.82 Å². The van der Waals surface area contributed by atoms with Crippen molar-refractivity contribution in [3.8, 4) is 0 Å². The summed E-state index contributed by atoms with van der Waals surface area (Å²) in [6.45, 7) is 4.70. The molecule has 0 aliphatic rings. The van der Waals surface area contributed by atoms with Crippen LogP contribution in [-0.2, 0) is 9.09 Å². The summed E-state index contributed by atoms with van der Waals surface area (Å²) in [6, 6.07) is 0. The number of phosphoric acid groups is 1. The fourth-order valence-corrected chi connectivity index (χ4v) is 3.14. The average molecular weight is 389 g/mol. The first kappa shape index (κ1) is 28.0. The van der Waals surface area contributed by atoms with Crippen LogP contribution in [0.15, 0.2) is 0 Å². The molecule has 1 N–H and O–H groups in total. The number of hydrogen-bond donors (Lipinski definition) is 1. The van der Waals surface area contributed by atoms with Crippen molar-refractivity contribution in [2.24, 2.45) is 5.92 Å². The van der Waals surface area contributed by atoms with Crippen LogP contribution in [0.25, 0.3) is 0 Å². The van der Waals surface area contributed by atoms with Crippen LogP contribution in [0.4, 0.5) is 0 Å². The van der Waals surface area contributed by atoms with Gasteiger partial charge in [0.1, 0.15) is 0 Å². The van der Waals surface area contributed by atoms with Crippen LogP contribution in [0.1, 0.15) is 104 Å². The van der Waals surface area contributed by atoms with Gasteiger partial charge in [0.2, 0.25) is 0 Å². The van der Waals surface area contributed by atoms with Crippen molar-refractivity contribution in [2.75, 3.05) is 6.61 Å². The molecule has 0 spiro atoms. The summed E-state index contributed by atoms with van der Waals surface area (Å²) in [4.78, 5) is 18.8. The van der Waals surface area contributed by atoms with Crippen molar-refractivity contribution < 1.29 is 70.3 Å². The molecule has 0 aliphatic carbocycles. The number of phosphoric ester groups is 1. The maximum absolute atomic E-state index is 10.4. The maximum atomic E-state index is 10.4. The van der Waals surface area contributed by atoms with Crippen LogP contribution in [0.2, 0.25) is 0 Å². The molecule has 0 aromatic carbocycles. The smallest absolute Gasteiger partial charge is 0.756 e. The van der Waals surface area contributed by atoms with E-state index in [2.05, 4.69) is 18.4 Å². The van der Waals surface area contributed by atoms with E-state index >= 15 is 0 Å². The fourth-order valence-electron chi connectivity index (χ4n) is 2.78. The Bertz CT molecular complexity index is 295. The van der Waals surface area contributed by atoms with Gasteiger partial charge in [0.25, 0.3) is 7.82 Å². The minimum atomic E-state index is -4.51. The molecule has 0 aromatic rings. The van der Waals surface area contributed by atoms with Gasteiger partial charge in [0.05, 0.1) is 6.61 Å². The fraction of sp³-hybridized carbons (Fsp3) is 1.00. The standard InChI is InChI=1S/C18H39O4P.K/c1-18(2)16-14-12-10-8-6-4-3-5-7-9-11-13-15-17-22-23(19,20)21;/h18H,3-17H2,1-2H3,(H2,19,20,21);/q;+1/p-1. The second kappa shape index (κ2) is 19.5. The normalized spacial score (nSPS) is 13.7. The number of unbranched alkanes of at least 4 members (excludes halogenated alkanes) is 12. The van der Waals surface area contributed by atoms with E-state index in [1.165, 1.54) is 70.6 Å². The molecular formula is C18H38KO4P. The second-order valence-corrected chi connectivity index (χ2v) is 8.28. The van der Waals surface area contributed by atoms with Crippen molar-refractivity contribution in [1.29, 1.82) is 0 Å². The van der Waals surface area contributed by atoms with Crippen LogP contribution < -0.4 is 56.3 Å². The second-order valence-electron chi connectivity index (χ2n) is 7.08. The summed E-state index contributed by atoms with van der Waals surface area (Å²) in [5.74, 6) is 0.852.